The van der Waals surface area contributed by atoms with Crippen LogP contribution in [0.15, 0.2) is 24.3 Å². The molecule has 0 unspecified atom stereocenters. The van der Waals surface area contributed by atoms with Crippen molar-refractivity contribution in [3.63, 3.8) is 0 Å². The molecule has 1 saturated heterocycles. The molecule has 0 aromatic heterocycles. The molecule has 1 heterocycles. The van der Waals surface area contributed by atoms with E-state index in [-0.39, 0.29) is 24.6 Å². The molecular formula is C17H18F4N2O3. The lowest BCUT2D eigenvalue weighted by molar-refractivity contribution is -0.155. The molecule has 3 atom stereocenters. The molecule has 0 spiro atoms. The lowest BCUT2D eigenvalue weighted by atomic mass is 9.81. The number of nitrogens with one attached hydrogen (secondary N) is 1. The number of benzene rings is 1. The summed E-state index contributed by atoms with van der Waals surface area (Å²) in [4.78, 5) is 25.2. The first kappa shape index (κ1) is 18.5. The van der Waals surface area contributed by atoms with Gasteiger partial charge < -0.3 is 15.3 Å². The Hall–Kier alpha value is -2.32. The highest BCUT2D eigenvalue weighted by molar-refractivity contribution is 5.80. The van der Waals surface area contributed by atoms with Gasteiger partial charge in [0.2, 0.25) is 0 Å². The largest absolute Gasteiger partial charge is 0.481 e. The van der Waals surface area contributed by atoms with E-state index in [0.717, 1.165) is 35.6 Å². The molecule has 2 amide bonds. The van der Waals surface area contributed by atoms with Gasteiger partial charge in [-0.3, -0.25) is 4.79 Å². The summed E-state index contributed by atoms with van der Waals surface area (Å²) in [7, 11) is 0. The van der Waals surface area contributed by atoms with Crippen LogP contribution in [-0.2, 0) is 4.79 Å². The van der Waals surface area contributed by atoms with E-state index in [9.17, 15) is 32.3 Å². The van der Waals surface area contributed by atoms with Crippen molar-refractivity contribution in [3.05, 3.63) is 35.6 Å². The van der Waals surface area contributed by atoms with Crippen LogP contribution in [0.4, 0.5) is 22.4 Å². The number of rotatable bonds is 3. The molecule has 5 nitrogen and oxygen atoms in total. The third-order valence-electron chi connectivity index (χ3n) is 5.38. The fourth-order valence-corrected chi connectivity index (χ4v) is 4.02. The first-order valence-corrected chi connectivity index (χ1v) is 8.24. The standard InChI is InChI=1S/C17H18F4N2O3/c18-12-5-3-10(4-6-12)13(17(19,20)21)22-15(26)23-8-11-2-1-7-16(11,9-23)14(24)25/h3-6,11,13H,1-2,7-9H2,(H,22,26)(H,24,25)/t11-,13-,16+/m0/s1. The molecule has 0 radical (unpaired) electrons. The van der Waals surface area contributed by atoms with Crippen LogP contribution < -0.4 is 5.32 Å². The Kier molecular flexibility index (Phi) is 4.58. The van der Waals surface area contributed by atoms with E-state index in [0.29, 0.717) is 12.8 Å². The van der Waals surface area contributed by atoms with Crippen LogP contribution in [0.25, 0.3) is 0 Å². The minimum Gasteiger partial charge on any atom is -0.481 e. The second-order valence-electron chi connectivity index (χ2n) is 6.91. The number of likely N-dealkylation sites (tertiary alicyclic amines) is 1. The summed E-state index contributed by atoms with van der Waals surface area (Å²) in [5.74, 6) is -1.95. The number of hydrogen-bond acceptors (Lipinski definition) is 2. The Morgan fingerprint density at radius 1 is 1.27 bits per heavy atom. The highest BCUT2D eigenvalue weighted by Crippen LogP contribution is 2.49. The van der Waals surface area contributed by atoms with E-state index in [2.05, 4.69) is 0 Å². The van der Waals surface area contributed by atoms with Gasteiger partial charge in [0, 0.05) is 13.1 Å². The third-order valence-corrected chi connectivity index (χ3v) is 5.38. The number of carbonyl (C=O) groups is 2. The minimum absolute atomic E-state index is 0.104. The maximum Gasteiger partial charge on any atom is 0.412 e. The minimum atomic E-state index is -4.77. The summed E-state index contributed by atoms with van der Waals surface area (Å²) < 4.78 is 53.1. The molecule has 0 bridgehead atoms. The summed E-state index contributed by atoms with van der Waals surface area (Å²) in [5.41, 5.74) is -1.36. The van der Waals surface area contributed by atoms with E-state index in [4.69, 9.17) is 0 Å². The zero-order valence-electron chi connectivity index (χ0n) is 13.7. The van der Waals surface area contributed by atoms with Crippen LogP contribution in [-0.4, -0.2) is 41.3 Å². The normalized spacial score (nSPS) is 26.5. The van der Waals surface area contributed by atoms with Crippen LogP contribution in [0.5, 0.6) is 0 Å². The Balaban J connectivity index is 1.77. The van der Waals surface area contributed by atoms with Gasteiger partial charge in [-0.05, 0) is 36.5 Å². The number of carbonyl (C=O) groups excluding carboxylic acids is 1. The van der Waals surface area contributed by atoms with Gasteiger partial charge in [0.25, 0.3) is 0 Å². The van der Waals surface area contributed by atoms with Crippen LogP contribution in [0, 0.1) is 17.2 Å². The van der Waals surface area contributed by atoms with Crippen molar-refractivity contribution in [2.75, 3.05) is 13.1 Å². The summed E-state index contributed by atoms with van der Waals surface area (Å²) in [6, 6.07) is 0.444. The Morgan fingerprint density at radius 3 is 2.46 bits per heavy atom. The molecule has 1 aliphatic heterocycles. The second kappa shape index (κ2) is 6.44. The number of aliphatic carboxylic acids is 1. The molecular weight excluding hydrogens is 356 g/mol. The summed E-state index contributed by atoms with van der Waals surface area (Å²) in [6.07, 6.45) is -2.99. The highest BCUT2D eigenvalue weighted by Gasteiger charge is 2.56. The van der Waals surface area contributed by atoms with Gasteiger partial charge in [-0.15, -0.1) is 0 Å². The quantitative estimate of drug-likeness (QED) is 0.798. The number of urea groups is 1. The molecule has 2 fully saturated rings. The first-order valence-electron chi connectivity index (χ1n) is 8.24. The Morgan fingerprint density at radius 2 is 1.92 bits per heavy atom. The van der Waals surface area contributed by atoms with Gasteiger partial charge in [0.05, 0.1) is 5.41 Å². The molecule has 2 aliphatic rings. The smallest absolute Gasteiger partial charge is 0.412 e. The van der Waals surface area contributed by atoms with Gasteiger partial charge in [0.1, 0.15) is 5.82 Å². The number of carboxylic acid groups (broad SMARTS) is 1. The van der Waals surface area contributed by atoms with Gasteiger partial charge in [-0.25, -0.2) is 9.18 Å². The number of nitrogens with zero attached hydrogens (tertiary/aromatic N) is 1. The van der Waals surface area contributed by atoms with Crippen molar-refractivity contribution in [2.45, 2.75) is 31.5 Å². The van der Waals surface area contributed by atoms with Gasteiger partial charge in [-0.1, -0.05) is 18.6 Å². The number of carboxylic acids is 1. The van der Waals surface area contributed by atoms with E-state index in [1.165, 1.54) is 0 Å². The molecule has 1 aromatic carbocycles. The third kappa shape index (κ3) is 3.22. The lowest BCUT2D eigenvalue weighted by Gasteiger charge is -2.27. The molecule has 142 valence electrons. The van der Waals surface area contributed by atoms with Crippen molar-refractivity contribution < 1.29 is 32.3 Å². The zero-order valence-corrected chi connectivity index (χ0v) is 13.7. The van der Waals surface area contributed by atoms with Gasteiger partial charge >= 0.3 is 18.2 Å². The second-order valence-corrected chi connectivity index (χ2v) is 6.91. The number of amides is 2. The molecule has 1 saturated carbocycles. The average Bonchev–Trinajstić information content (AvgIpc) is 3.10. The number of fused-ring (bicyclic) bond motifs is 1. The zero-order chi connectivity index (χ0) is 19.1. The topological polar surface area (TPSA) is 69.6 Å². The lowest BCUT2D eigenvalue weighted by Crippen LogP contribution is -2.46. The fraction of sp³-hybridized carbons (Fsp3) is 0.529. The van der Waals surface area contributed by atoms with E-state index < -0.39 is 35.5 Å². The maximum absolute atomic E-state index is 13.4. The van der Waals surface area contributed by atoms with Gasteiger partial charge in [-0.2, -0.15) is 13.2 Å². The Labute approximate surface area is 147 Å². The molecule has 26 heavy (non-hydrogen) atoms. The fourth-order valence-electron chi connectivity index (χ4n) is 4.02. The predicted molar refractivity (Wildman–Crippen MR) is 82.7 cm³/mol. The van der Waals surface area contributed by atoms with Crippen LogP contribution in [0.2, 0.25) is 0 Å². The monoisotopic (exact) mass is 374 g/mol. The van der Waals surface area contributed by atoms with Crippen molar-refractivity contribution in [3.8, 4) is 0 Å². The van der Waals surface area contributed by atoms with E-state index >= 15 is 0 Å². The summed E-state index contributed by atoms with van der Waals surface area (Å²) in [6.45, 7) is 0.0129. The molecule has 1 aromatic rings. The number of halogens is 4. The van der Waals surface area contributed by atoms with Crippen molar-refractivity contribution in [1.82, 2.24) is 10.2 Å². The highest BCUT2D eigenvalue weighted by atomic mass is 19.4. The molecule has 9 heteroatoms. The average molecular weight is 374 g/mol. The summed E-state index contributed by atoms with van der Waals surface area (Å²) in [5, 5.41) is 11.4. The molecule has 2 N–H and O–H groups in total. The van der Waals surface area contributed by atoms with Crippen LogP contribution in [0.1, 0.15) is 30.9 Å². The molecule has 3 rings (SSSR count). The van der Waals surface area contributed by atoms with Crippen molar-refractivity contribution >= 4 is 12.0 Å². The molecule has 1 aliphatic carbocycles. The summed E-state index contributed by atoms with van der Waals surface area (Å²) >= 11 is 0. The van der Waals surface area contributed by atoms with Crippen molar-refractivity contribution in [1.29, 1.82) is 0 Å². The van der Waals surface area contributed by atoms with Crippen LogP contribution >= 0.6 is 0 Å². The SMILES string of the molecule is O=C(N[C@@H](c1ccc(F)cc1)C(F)(F)F)N1C[C@@H]2CCC[C@@]2(C(=O)O)C1. The van der Waals surface area contributed by atoms with Crippen LogP contribution in [0.3, 0.4) is 0 Å². The Bertz CT molecular complexity index is 707. The van der Waals surface area contributed by atoms with Crippen molar-refractivity contribution in [2.24, 2.45) is 11.3 Å². The van der Waals surface area contributed by atoms with E-state index in [1.54, 1.807) is 0 Å². The van der Waals surface area contributed by atoms with Gasteiger partial charge in [0.15, 0.2) is 6.04 Å². The van der Waals surface area contributed by atoms with E-state index in [1.807, 2.05) is 5.32 Å². The predicted octanol–water partition coefficient (Wildman–Crippen LogP) is 3.33. The number of alkyl halides is 3. The number of hydrogen-bond donors (Lipinski definition) is 2. The first-order chi connectivity index (χ1) is 12.1. The maximum atomic E-state index is 13.4.